The van der Waals surface area contributed by atoms with Crippen molar-refractivity contribution in [1.82, 2.24) is 31.1 Å². The van der Waals surface area contributed by atoms with Gasteiger partial charge in [-0.1, -0.05) is 64.4 Å². The van der Waals surface area contributed by atoms with Crippen molar-refractivity contribution < 1.29 is 28.8 Å². The second-order valence-corrected chi connectivity index (χ2v) is 11.1. The highest BCUT2D eigenvalue weighted by Gasteiger charge is 2.30. The number of amides is 6. The van der Waals surface area contributed by atoms with Crippen LogP contribution in [0.3, 0.4) is 0 Å². The highest BCUT2D eigenvalue weighted by Crippen LogP contribution is 2.10. The molecule has 0 fully saturated rings. The third-order valence-electron chi connectivity index (χ3n) is 6.87. The standard InChI is InChI=1S/C30H48N6O6/c1-9-20(4)27(28(40)31-6)34-26(39)18-36(8)29(41)23(15-19(2)3)33-25(38)17-35(7)30(42)24(32-21(5)37)16-22-13-11-10-12-14-22/h10-14,19-20,23-24,27H,9,15-18H2,1-8H3,(H,31,40)(H,32,37)(H,33,38)(H,34,39). The number of nitrogens with one attached hydrogen (secondary N) is 4. The van der Waals surface area contributed by atoms with Gasteiger partial charge in [-0.2, -0.15) is 0 Å². The maximum Gasteiger partial charge on any atom is 0.245 e. The zero-order chi connectivity index (χ0) is 32.0. The van der Waals surface area contributed by atoms with Crippen LogP contribution in [0.1, 0.15) is 53.0 Å². The average Bonchev–Trinajstić information content (AvgIpc) is 2.93. The van der Waals surface area contributed by atoms with Crippen LogP contribution >= 0.6 is 0 Å². The predicted octanol–water partition coefficient (Wildman–Crippen LogP) is 0.458. The topological polar surface area (TPSA) is 157 Å². The van der Waals surface area contributed by atoms with E-state index < -0.39 is 41.8 Å². The first kappa shape index (κ1) is 36.1. The third-order valence-corrected chi connectivity index (χ3v) is 6.87. The van der Waals surface area contributed by atoms with Crippen molar-refractivity contribution in [3.05, 3.63) is 35.9 Å². The van der Waals surface area contributed by atoms with E-state index in [1.807, 2.05) is 58.0 Å². The number of carbonyl (C=O) groups excluding carboxylic acids is 6. The molecule has 0 spiro atoms. The molecule has 0 bridgehead atoms. The molecule has 1 aromatic carbocycles. The summed E-state index contributed by atoms with van der Waals surface area (Å²) in [6.45, 7) is 8.25. The average molecular weight is 589 g/mol. The minimum Gasteiger partial charge on any atom is -0.357 e. The molecule has 42 heavy (non-hydrogen) atoms. The minimum atomic E-state index is -0.932. The van der Waals surface area contributed by atoms with Gasteiger partial charge < -0.3 is 31.1 Å². The molecule has 0 radical (unpaired) electrons. The van der Waals surface area contributed by atoms with Crippen LogP contribution < -0.4 is 21.3 Å². The highest BCUT2D eigenvalue weighted by atomic mass is 16.2. The molecule has 4 unspecified atom stereocenters. The Hall–Kier alpha value is -3.96. The first-order chi connectivity index (χ1) is 19.7. The fourth-order valence-electron chi connectivity index (χ4n) is 4.42. The number of hydrogen-bond donors (Lipinski definition) is 4. The van der Waals surface area contributed by atoms with Crippen molar-refractivity contribution in [2.45, 2.75) is 72.0 Å². The summed E-state index contributed by atoms with van der Waals surface area (Å²) in [7, 11) is 4.40. The summed E-state index contributed by atoms with van der Waals surface area (Å²) in [5.74, 6) is -2.73. The van der Waals surface area contributed by atoms with Gasteiger partial charge in [-0.25, -0.2) is 0 Å². The third kappa shape index (κ3) is 12.3. The maximum absolute atomic E-state index is 13.3. The lowest BCUT2D eigenvalue weighted by molar-refractivity contribution is -0.141. The van der Waals surface area contributed by atoms with E-state index in [1.54, 1.807) is 0 Å². The van der Waals surface area contributed by atoms with E-state index in [9.17, 15) is 28.8 Å². The van der Waals surface area contributed by atoms with Gasteiger partial charge in [0.25, 0.3) is 0 Å². The molecule has 0 saturated carbocycles. The van der Waals surface area contributed by atoms with Crippen LogP contribution in [0, 0.1) is 11.8 Å². The second-order valence-electron chi connectivity index (χ2n) is 11.1. The molecule has 0 aliphatic heterocycles. The van der Waals surface area contributed by atoms with Crippen molar-refractivity contribution >= 4 is 35.4 Å². The summed E-state index contributed by atoms with van der Waals surface area (Å²) < 4.78 is 0. The molecule has 234 valence electrons. The SMILES string of the molecule is CCC(C)C(NC(=O)CN(C)C(=O)C(CC(C)C)NC(=O)CN(C)C(=O)C(Cc1ccccc1)NC(C)=O)C(=O)NC. The molecule has 6 amide bonds. The normalized spacial score (nSPS) is 13.6. The maximum atomic E-state index is 13.3. The molecule has 0 saturated heterocycles. The Bertz CT molecular complexity index is 1080. The van der Waals surface area contributed by atoms with Crippen molar-refractivity contribution in [3.8, 4) is 0 Å². The molecule has 1 rings (SSSR count). The molecule has 0 aliphatic carbocycles. The second kappa shape index (κ2) is 17.8. The van der Waals surface area contributed by atoms with E-state index in [1.165, 1.54) is 37.9 Å². The quantitative estimate of drug-likeness (QED) is 0.220. The van der Waals surface area contributed by atoms with Crippen molar-refractivity contribution in [2.75, 3.05) is 34.2 Å². The lowest BCUT2D eigenvalue weighted by Crippen LogP contribution is -2.55. The summed E-state index contributed by atoms with van der Waals surface area (Å²) in [4.78, 5) is 78.6. The summed E-state index contributed by atoms with van der Waals surface area (Å²) in [6.07, 6.45) is 1.24. The molecular weight excluding hydrogens is 540 g/mol. The molecule has 12 nitrogen and oxygen atoms in total. The molecule has 0 heterocycles. The molecule has 4 atom stereocenters. The van der Waals surface area contributed by atoms with Crippen molar-refractivity contribution in [2.24, 2.45) is 11.8 Å². The largest absolute Gasteiger partial charge is 0.357 e. The van der Waals surface area contributed by atoms with Crippen LogP contribution in [0.25, 0.3) is 0 Å². The number of rotatable bonds is 16. The molecule has 0 aromatic heterocycles. The summed E-state index contributed by atoms with van der Waals surface area (Å²) in [5.41, 5.74) is 0.850. The van der Waals surface area contributed by atoms with Gasteiger partial charge in [0.2, 0.25) is 35.4 Å². The van der Waals surface area contributed by atoms with Crippen molar-refractivity contribution in [1.29, 1.82) is 0 Å². The van der Waals surface area contributed by atoms with Crippen molar-refractivity contribution in [3.63, 3.8) is 0 Å². The van der Waals surface area contributed by atoms with Gasteiger partial charge in [-0.3, -0.25) is 28.8 Å². The number of carbonyl (C=O) groups is 6. The van der Waals surface area contributed by atoms with Crippen LogP contribution in [0.15, 0.2) is 30.3 Å². The molecule has 4 N–H and O–H groups in total. The Morgan fingerprint density at radius 3 is 1.79 bits per heavy atom. The predicted molar refractivity (Wildman–Crippen MR) is 160 cm³/mol. The first-order valence-electron chi connectivity index (χ1n) is 14.3. The van der Waals surface area contributed by atoms with Crippen LogP contribution in [0.5, 0.6) is 0 Å². The summed E-state index contributed by atoms with van der Waals surface area (Å²) >= 11 is 0. The Kier molecular flexibility index (Phi) is 15.3. The Balaban J connectivity index is 2.90. The van der Waals surface area contributed by atoms with Gasteiger partial charge in [0.15, 0.2) is 0 Å². The van der Waals surface area contributed by atoms with E-state index in [0.717, 1.165) is 5.56 Å². The zero-order valence-corrected chi connectivity index (χ0v) is 26.2. The summed E-state index contributed by atoms with van der Waals surface area (Å²) in [5, 5.41) is 10.6. The molecule has 0 aliphatic rings. The molecular formula is C30H48N6O6. The Morgan fingerprint density at radius 2 is 1.31 bits per heavy atom. The van der Waals surface area contributed by atoms with Gasteiger partial charge in [-0.05, 0) is 23.8 Å². The van der Waals surface area contributed by atoms with E-state index in [-0.39, 0.29) is 43.2 Å². The van der Waals surface area contributed by atoms with Gasteiger partial charge >= 0.3 is 0 Å². The minimum absolute atomic E-state index is 0.0406. The smallest absolute Gasteiger partial charge is 0.245 e. The van der Waals surface area contributed by atoms with Crippen LogP contribution in [-0.2, 0) is 35.2 Å². The fourth-order valence-corrected chi connectivity index (χ4v) is 4.42. The zero-order valence-electron chi connectivity index (χ0n) is 26.2. The van der Waals surface area contributed by atoms with Gasteiger partial charge in [0.1, 0.15) is 18.1 Å². The lowest BCUT2D eigenvalue weighted by Gasteiger charge is -2.28. The van der Waals surface area contributed by atoms with Gasteiger partial charge in [-0.15, -0.1) is 0 Å². The van der Waals surface area contributed by atoms with Crippen LogP contribution in [0.2, 0.25) is 0 Å². The number of nitrogens with zero attached hydrogens (tertiary/aromatic N) is 2. The Labute approximate surface area is 249 Å². The fraction of sp³-hybridized carbons (Fsp3) is 0.600. The number of likely N-dealkylation sites (N-methyl/N-ethyl adjacent to an activating group) is 3. The van der Waals surface area contributed by atoms with Crippen LogP contribution in [0.4, 0.5) is 0 Å². The monoisotopic (exact) mass is 588 g/mol. The summed E-state index contributed by atoms with van der Waals surface area (Å²) in [6, 6.07) is 6.67. The first-order valence-corrected chi connectivity index (χ1v) is 14.3. The number of hydrogen-bond acceptors (Lipinski definition) is 6. The lowest BCUT2D eigenvalue weighted by atomic mass is 9.98. The van der Waals surface area contributed by atoms with E-state index in [4.69, 9.17) is 0 Å². The van der Waals surface area contributed by atoms with E-state index in [2.05, 4.69) is 21.3 Å². The van der Waals surface area contributed by atoms with Crippen LogP contribution in [-0.4, -0.2) is 97.6 Å². The highest BCUT2D eigenvalue weighted by molar-refractivity contribution is 5.94. The Morgan fingerprint density at radius 1 is 0.786 bits per heavy atom. The molecule has 1 aromatic rings. The van der Waals surface area contributed by atoms with E-state index >= 15 is 0 Å². The molecule has 12 heteroatoms. The van der Waals surface area contributed by atoms with E-state index in [0.29, 0.717) is 12.8 Å². The van der Waals surface area contributed by atoms with Gasteiger partial charge in [0.05, 0.1) is 13.1 Å². The van der Waals surface area contributed by atoms with Gasteiger partial charge in [0, 0.05) is 34.5 Å². The number of benzene rings is 1.